The first-order chi connectivity index (χ1) is 11.7. The van der Waals surface area contributed by atoms with Crippen LogP contribution in [0.4, 0.5) is 0 Å². The van der Waals surface area contributed by atoms with Gasteiger partial charge >= 0.3 is 5.69 Å². The summed E-state index contributed by atoms with van der Waals surface area (Å²) in [5, 5.41) is 7.73. The van der Waals surface area contributed by atoms with Crippen LogP contribution in [0.25, 0.3) is 11.8 Å². The second kappa shape index (κ2) is 6.95. The average Bonchev–Trinajstić information content (AvgIpc) is 2.94. The summed E-state index contributed by atoms with van der Waals surface area (Å²) in [4.78, 5) is 12.2. The zero-order valence-electron chi connectivity index (χ0n) is 13.6. The molecule has 0 saturated carbocycles. The number of para-hydroxylation sites is 1. The van der Waals surface area contributed by atoms with Crippen molar-refractivity contribution in [3.05, 3.63) is 76.2 Å². The predicted molar refractivity (Wildman–Crippen MR) is 92.1 cm³/mol. The lowest BCUT2D eigenvalue weighted by molar-refractivity contribution is 0.305. The number of aromatic nitrogens is 4. The molecule has 0 aliphatic carbocycles. The van der Waals surface area contributed by atoms with E-state index in [1.165, 1.54) is 9.36 Å². The molecule has 0 aliphatic heterocycles. The molecule has 122 valence electrons. The molecular formula is C18H18N4O2. The van der Waals surface area contributed by atoms with Gasteiger partial charge in [-0.2, -0.15) is 9.36 Å². The molecule has 24 heavy (non-hydrogen) atoms. The Morgan fingerprint density at radius 1 is 1.08 bits per heavy atom. The van der Waals surface area contributed by atoms with Crippen LogP contribution in [0.15, 0.2) is 59.4 Å². The van der Waals surface area contributed by atoms with Crippen LogP contribution in [-0.4, -0.2) is 19.8 Å². The summed E-state index contributed by atoms with van der Waals surface area (Å²) in [7, 11) is 1.57. The average molecular weight is 322 g/mol. The maximum Gasteiger partial charge on any atom is 0.368 e. The summed E-state index contributed by atoms with van der Waals surface area (Å²) in [6, 6.07) is 15.3. The van der Waals surface area contributed by atoms with E-state index in [1.807, 2.05) is 67.6 Å². The minimum absolute atomic E-state index is 0.298. The van der Waals surface area contributed by atoms with Crippen LogP contribution in [0.2, 0.25) is 0 Å². The van der Waals surface area contributed by atoms with E-state index in [1.54, 1.807) is 7.05 Å². The monoisotopic (exact) mass is 322 g/mol. The zero-order chi connectivity index (χ0) is 16.9. The second-order valence-electron chi connectivity index (χ2n) is 5.24. The third kappa shape index (κ3) is 3.12. The first-order valence-electron chi connectivity index (χ1n) is 7.62. The Labute approximate surface area is 139 Å². The molecule has 0 aliphatic rings. The van der Waals surface area contributed by atoms with E-state index in [4.69, 9.17) is 4.74 Å². The molecule has 1 aromatic heterocycles. The highest BCUT2D eigenvalue weighted by atomic mass is 16.5. The van der Waals surface area contributed by atoms with Gasteiger partial charge in [0.15, 0.2) is 0 Å². The van der Waals surface area contributed by atoms with E-state index < -0.39 is 0 Å². The normalized spacial score (nSPS) is 11.1. The van der Waals surface area contributed by atoms with Gasteiger partial charge in [-0.1, -0.05) is 42.5 Å². The third-order valence-electron chi connectivity index (χ3n) is 3.61. The van der Waals surface area contributed by atoms with E-state index in [-0.39, 0.29) is 5.69 Å². The van der Waals surface area contributed by atoms with E-state index in [9.17, 15) is 4.79 Å². The fourth-order valence-corrected chi connectivity index (χ4v) is 2.42. The summed E-state index contributed by atoms with van der Waals surface area (Å²) in [6.07, 6.45) is 3.93. The molecule has 3 aromatic rings. The summed E-state index contributed by atoms with van der Waals surface area (Å²) in [6.45, 7) is 2.27. The lowest BCUT2D eigenvalue weighted by atomic mass is 10.1. The SMILES string of the molecule is C/C=C/c1cccc(-n2nnn(C)c2=O)c1COc1ccccc1. The summed E-state index contributed by atoms with van der Waals surface area (Å²) in [5.41, 5.74) is 2.22. The van der Waals surface area contributed by atoms with Crippen LogP contribution in [0.1, 0.15) is 18.1 Å². The van der Waals surface area contributed by atoms with Crippen molar-refractivity contribution in [1.29, 1.82) is 0 Å². The highest BCUT2D eigenvalue weighted by Gasteiger charge is 2.14. The summed E-state index contributed by atoms with van der Waals surface area (Å²) < 4.78 is 8.37. The molecule has 0 fully saturated rings. The molecule has 0 amide bonds. The Kier molecular flexibility index (Phi) is 4.56. The Balaban J connectivity index is 2.04. The minimum Gasteiger partial charge on any atom is -0.489 e. The Bertz CT molecular complexity index is 910. The van der Waals surface area contributed by atoms with Crippen molar-refractivity contribution in [3.8, 4) is 11.4 Å². The van der Waals surface area contributed by atoms with Crippen molar-refractivity contribution in [2.45, 2.75) is 13.5 Å². The second-order valence-corrected chi connectivity index (χ2v) is 5.24. The largest absolute Gasteiger partial charge is 0.489 e. The van der Waals surface area contributed by atoms with Gasteiger partial charge in [-0.25, -0.2) is 4.79 Å². The fraction of sp³-hybridized carbons (Fsp3) is 0.167. The van der Waals surface area contributed by atoms with Gasteiger partial charge in [-0.15, -0.1) is 0 Å². The van der Waals surface area contributed by atoms with Crippen LogP contribution in [0.3, 0.4) is 0 Å². The van der Waals surface area contributed by atoms with E-state index in [0.717, 1.165) is 16.9 Å². The van der Waals surface area contributed by atoms with Crippen LogP contribution in [0, 0.1) is 0 Å². The molecule has 0 unspecified atom stereocenters. The van der Waals surface area contributed by atoms with Crippen molar-refractivity contribution in [2.24, 2.45) is 7.05 Å². The Morgan fingerprint density at radius 2 is 1.88 bits per heavy atom. The first kappa shape index (κ1) is 15.7. The number of ether oxygens (including phenoxy) is 1. The fourth-order valence-electron chi connectivity index (χ4n) is 2.42. The Morgan fingerprint density at radius 3 is 2.54 bits per heavy atom. The minimum atomic E-state index is -0.298. The maximum atomic E-state index is 12.2. The van der Waals surface area contributed by atoms with Crippen molar-refractivity contribution >= 4 is 6.08 Å². The predicted octanol–water partition coefficient (Wildman–Crippen LogP) is 2.58. The van der Waals surface area contributed by atoms with Gasteiger partial charge in [-0.3, -0.25) is 0 Å². The van der Waals surface area contributed by atoms with Crippen LogP contribution in [-0.2, 0) is 13.7 Å². The van der Waals surface area contributed by atoms with Crippen LogP contribution < -0.4 is 10.4 Å². The lowest BCUT2D eigenvalue weighted by Gasteiger charge is -2.13. The molecule has 6 nitrogen and oxygen atoms in total. The number of aryl methyl sites for hydroxylation is 1. The number of rotatable bonds is 5. The number of hydrogen-bond donors (Lipinski definition) is 0. The number of benzene rings is 2. The molecule has 0 N–H and O–H groups in total. The number of tetrazole rings is 1. The summed E-state index contributed by atoms with van der Waals surface area (Å²) >= 11 is 0. The van der Waals surface area contributed by atoms with E-state index in [0.29, 0.717) is 12.3 Å². The quantitative estimate of drug-likeness (QED) is 0.724. The third-order valence-corrected chi connectivity index (χ3v) is 3.61. The van der Waals surface area contributed by atoms with Gasteiger partial charge < -0.3 is 4.74 Å². The molecule has 6 heteroatoms. The van der Waals surface area contributed by atoms with Crippen molar-refractivity contribution < 1.29 is 4.74 Å². The van der Waals surface area contributed by atoms with Gasteiger partial charge in [-0.05, 0) is 41.1 Å². The van der Waals surface area contributed by atoms with Crippen LogP contribution in [0.5, 0.6) is 5.75 Å². The Hall–Kier alpha value is -3.15. The van der Waals surface area contributed by atoms with Gasteiger partial charge in [0.2, 0.25) is 0 Å². The highest BCUT2D eigenvalue weighted by Crippen LogP contribution is 2.21. The lowest BCUT2D eigenvalue weighted by Crippen LogP contribution is -2.23. The molecular weight excluding hydrogens is 304 g/mol. The molecule has 0 saturated heterocycles. The molecule has 0 atom stereocenters. The van der Waals surface area contributed by atoms with Crippen molar-refractivity contribution in [1.82, 2.24) is 19.8 Å². The number of nitrogens with zero attached hydrogens (tertiary/aromatic N) is 4. The standard InChI is InChI=1S/C18H18N4O2/c1-3-8-14-9-7-12-17(22-18(23)21(2)19-20-22)16(14)13-24-15-10-5-4-6-11-15/h3-12H,13H2,1-2H3/b8-3+. The van der Waals surface area contributed by atoms with Gasteiger partial charge in [0.1, 0.15) is 12.4 Å². The molecule has 3 rings (SSSR count). The summed E-state index contributed by atoms with van der Waals surface area (Å²) in [5.74, 6) is 0.769. The smallest absolute Gasteiger partial charge is 0.368 e. The van der Waals surface area contributed by atoms with Crippen molar-refractivity contribution in [3.63, 3.8) is 0 Å². The molecule has 2 aromatic carbocycles. The highest BCUT2D eigenvalue weighted by molar-refractivity contribution is 5.59. The topological polar surface area (TPSA) is 61.9 Å². The molecule has 0 spiro atoms. The van der Waals surface area contributed by atoms with E-state index >= 15 is 0 Å². The maximum absolute atomic E-state index is 12.2. The molecule has 0 bridgehead atoms. The van der Waals surface area contributed by atoms with Gasteiger partial charge in [0, 0.05) is 12.6 Å². The van der Waals surface area contributed by atoms with Crippen LogP contribution >= 0.6 is 0 Å². The van der Waals surface area contributed by atoms with E-state index in [2.05, 4.69) is 10.4 Å². The first-order valence-corrected chi connectivity index (χ1v) is 7.62. The van der Waals surface area contributed by atoms with Gasteiger partial charge in [0.05, 0.1) is 5.69 Å². The molecule has 0 radical (unpaired) electrons. The zero-order valence-corrected chi connectivity index (χ0v) is 13.6. The number of hydrogen-bond acceptors (Lipinski definition) is 4. The van der Waals surface area contributed by atoms with Gasteiger partial charge in [0.25, 0.3) is 0 Å². The van der Waals surface area contributed by atoms with Crippen molar-refractivity contribution in [2.75, 3.05) is 0 Å². The number of allylic oxidation sites excluding steroid dienone is 1. The molecule has 1 heterocycles.